The van der Waals surface area contributed by atoms with E-state index in [-0.39, 0.29) is 11.7 Å². The average Bonchev–Trinajstić information content (AvgIpc) is 2.81. The molecule has 0 radical (unpaired) electrons. The predicted octanol–water partition coefficient (Wildman–Crippen LogP) is 6.67. The van der Waals surface area contributed by atoms with Crippen molar-refractivity contribution in [2.75, 3.05) is 12.4 Å². The SMILES string of the molecule is CC(=O)OCCCc1c2ccccc2cc2ccccc12.CCCS(=O)(=O)c1ccc(C)cc1. The molecule has 0 aromatic heterocycles. The minimum Gasteiger partial charge on any atom is -0.466 e. The molecule has 0 amide bonds. The minimum absolute atomic E-state index is 0.210. The van der Waals surface area contributed by atoms with Crippen LogP contribution in [0.3, 0.4) is 0 Å². The van der Waals surface area contributed by atoms with Crippen molar-refractivity contribution >= 4 is 37.4 Å². The lowest BCUT2D eigenvalue weighted by molar-refractivity contribution is -0.141. The molecular weight excluding hydrogens is 444 g/mol. The van der Waals surface area contributed by atoms with Crippen LogP contribution < -0.4 is 0 Å². The number of fused-ring (bicyclic) bond motifs is 2. The third-order valence-electron chi connectivity index (χ3n) is 5.61. The van der Waals surface area contributed by atoms with Gasteiger partial charge in [-0.3, -0.25) is 4.79 Å². The number of carbonyl (C=O) groups is 1. The lowest BCUT2D eigenvalue weighted by Gasteiger charge is -2.11. The van der Waals surface area contributed by atoms with Gasteiger partial charge in [0.2, 0.25) is 0 Å². The molecule has 0 saturated heterocycles. The molecule has 34 heavy (non-hydrogen) atoms. The van der Waals surface area contributed by atoms with Crippen LogP contribution >= 0.6 is 0 Å². The quantitative estimate of drug-likeness (QED) is 0.170. The fourth-order valence-electron chi connectivity index (χ4n) is 3.97. The summed E-state index contributed by atoms with van der Waals surface area (Å²) in [7, 11) is -3.03. The molecule has 0 unspecified atom stereocenters. The predicted molar refractivity (Wildman–Crippen MR) is 140 cm³/mol. The third kappa shape index (κ3) is 6.67. The molecule has 4 nitrogen and oxygen atoms in total. The molecule has 0 spiro atoms. The Balaban J connectivity index is 0.000000215. The average molecular weight is 477 g/mol. The van der Waals surface area contributed by atoms with Gasteiger partial charge >= 0.3 is 5.97 Å². The van der Waals surface area contributed by atoms with Crippen LogP contribution in [0.2, 0.25) is 0 Å². The molecule has 178 valence electrons. The first kappa shape index (κ1) is 25.4. The number of aryl methyl sites for hydroxylation is 2. The maximum Gasteiger partial charge on any atom is 0.302 e. The molecule has 4 rings (SSSR count). The lowest BCUT2D eigenvalue weighted by atomic mass is 9.94. The number of sulfone groups is 1. The van der Waals surface area contributed by atoms with Crippen molar-refractivity contribution in [3.63, 3.8) is 0 Å². The summed E-state index contributed by atoms with van der Waals surface area (Å²) in [4.78, 5) is 11.3. The highest BCUT2D eigenvalue weighted by molar-refractivity contribution is 7.91. The van der Waals surface area contributed by atoms with Crippen LogP contribution in [0.5, 0.6) is 0 Å². The van der Waals surface area contributed by atoms with Gasteiger partial charge in [-0.15, -0.1) is 0 Å². The van der Waals surface area contributed by atoms with Crippen LogP contribution in [0, 0.1) is 6.92 Å². The summed E-state index contributed by atoms with van der Waals surface area (Å²) < 4.78 is 28.1. The monoisotopic (exact) mass is 476 g/mol. The van der Waals surface area contributed by atoms with Crippen LogP contribution in [0.4, 0.5) is 0 Å². The Labute approximate surface area is 202 Å². The van der Waals surface area contributed by atoms with E-state index in [1.807, 2.05) is 26.0 Å². The van der Waals surface area contributed by atoms with Crippen LogP contribution in [-0.4, -0.2) is 26.7 Å². The fraction of sp³-hybridized carbons (Fsp3) is 0.276. The summed E-state index contributed by atoms with van der Waals surface area (Å²) in [5.74, 6) is 0.0218. The molecule has 0 fully saturated rings. The zero-order valence-corrected chi connectivity index (χ0v) is 20.9. The number of hydrogen-bond acceptors (Lipinski definition) is 4. The van der Waals surface area contributed by atoms with Gasteiger partial charge in [-0.25, -0.2) is 8.42 Å². The molecule has 4 aromatic carbocycles. The topological polar surface area (TPSA) is 60.4 Å². The molecule has 0 bridgehead atoms. The molecule has 0 N–H and O–H groups in total. The van der Waals surface area contributed by atoms with Crippen molar-refractivity contribution in [3.8, 4) is 0 Å². The summed E-state index contributed by atoms with van der Waals surface area (Å²) in [5, 5.41) is 5.11. The van der Waals surface area contributed by atoms with Crippen molar-refractivity contribution in [1.29, 1.82) is 0 Å². The van der Waals surface area contributed by atoms with Gasteiger partial charge in [-0.05, 0) is 71.5 Å². The van der Waals surface area contributed by atoms with Gasteiger partial charge in [0.25, 0.3) is 0 Å². The maximum absolute atomic E-state index is 11.5. The summed E-state index contributed by atoms with van der Waals surface area (Å²) in [6, 6.07) is 26.1. The Bertz CT molecular complexity index is 1300. The summed E-state index contributed by atoms with van der Waals surface area (Å²) in [6.45, 7) is 5.74. The van der Waals surface area contributed by atoms with E-state index in [4.69, 9.17) is 4.74 Å². The second-order valence-electron chi connectivity index (χ2n) is 8.37. The van der Waals surface area contributed by atoms with Crippen molar-refractivity contribution < 1.29 is 17.9 Å². The van der Waals surface area contributed by atoms with Crippen molar-refractivity contribution in [3.05, 3.63) is 90.0 Å². The number of ether oxygens (including phenoxy) is 1. The molecule has 0 atom stereocenters. The molecule has 0 saturated carbocycles. The van der Waals surface area contributed by atoms with E-state index in [1.165, 1.54) is 34.0 Å². The largest absolute Gasteiger partial charge is 0.466 e. The van der Waals surface area contributed by atoms with E-state index < -0.39 is 9.84 Å². The van der Waals surface area contributed by atoms with Gasteiger partial charge in [0.05, 0.1) is 17.3 Å². The van der Waals surface area contributed by atoms with Gasteiger partial charge < -0.3 is 4.74 Å². The van der Waals surface area contributed by atoms with Crippen LogP contribution in [0.1, 0.15) is 37.8 Å². The van der Waals surface area contributed by atoms with Gasteiger partial charge in [-0.2, -0.15) is 0 Å². The van der Waals surface area contributed by atoms with Crippen molar-refractivity contribution in [2.45, 2.75) is 44.9 Å². The van der Waals surface area contributed by atoms with Crippen molar-refractivity contribution in [1.82, 2.24) is 0 Å². The Kier molecular flexibility index (Phi) is 8.83. The number of benzene rings is 4. The van der Waals surface area contributed by atoms with Gasteiger partial charge in [0.15, 0.2) is 9.84 Å². The number of carbonyl (C=O) groups excluding carboxylic acids is 1. The highest BCUT2D eigenvalue weighted by atomic mass is 32.2. The van der Waals surface area contributed by atoms with E-state index in [1.54, 1.807) is 12.1 Å². The van der Waals surface area contributed by atoms with E-state index in [0.29, 0.717) is 17.9 Å². The van der Waals surface area contributed by atoms with Gasteiger partial charge in [-0.1, -0.05) is 73.2 Å². The van der Waals surface area contributed by atoms with E-state index in [9.17, 15) is 13.2 Å². The lowest BCUT2D eigenvalue weighted by Crippen LogP contribution is -2.05. The highest BCUT2D eigenvalue weighted by Gasteiger charge is 2.11. The Hall–Kier alpha value is -3.18. The third-order valence-corrected chi connectivity index (χ3v) is 7.55. The van der Waals surface area contributed by atoms with Gasteiger partial charge in [0.1, 0.15) is 0 Å². The maximum atomic E-state index is 11.5. The normalized spacial score (nSPS) is 11.1. The van der Waals surface area contributed by atoms with Crippen LogP contribution in [0.25, 0.3) is 21.5 Å². The highest BCUT2D eigenvalue weighted by Crippen LogP contribution is 2.29. The van der Waals surface area contributed by atoms with Crippen LogP contribution in [-0.2, 0) is 25.8 Å². The van der Waals surface area contributed by atoms with Gasteiger partial charge in [0, 0.05) is 6.92 Å². The van der Waals surface area contributed by atoms with Crippen molar-refractivity contribution in [2.24, 2.45) is 0 Å². The molecule has 0 aliphatic carbocycles. The summed E-state index contributed by atoms with van der Waals surface area (Å²) >= 11 is 0. The fourth-order valence-corrected chi connectivity index (χ4v) is 5.30. The number of esters is 1. The molecular formula is C29H32O4S. The zero-order valence-electron chi connectivity index (χ0n) is 20.1. The van der Waals surface area contributed by atoms with E-state index >= 15 is 0 Å². The number of hydrogen-bond donors (Lipinski definition) is 0. The standard InChI is InChI=1S/C19H18O2.C10H14O2S/c1-14(20)21-12-6-11-19-17-9-4-2-7-15(17)13-16-8-3-5-10-18(16)19;1-3-8-13(11,12)10-6-4-9(2)5-7-10/h2-5,7-10,13H,6,11-12H2,1H3;4-7H,3,8H2,1-2H3. The molecule has 0 heterocycles. The second-order valence-corrected chi connectivity index (χ2v) is 10.5. The Morgan fingerprint density at radius 1 is 0.853 bits per heavy atom. The van der Waals surface area contributed by atoms with E-state index in [0.717, 1.165) is 18.4 Å². The summed E-state index contributed by atoms with van der Waals surface area (Å²) in [6.07, 6.45) is 2.42. The molecule has 0 aliphatic rings. The van der Waals surface area contributed by atoms with Crippen LogP contribution in [0.15, 0.2) is 83.8 Å². The first-order chi connectivity index (χ1) is 16.3. The number of rotatable bonds is 7. The first-order valence-electron chi connectivity index (χ1n) is 11.6. The second kappa shape index (κ2) is 11.8. The molecule has 5 heteroatoms. The Morgan fingerprint density at radius 3 is 1.94 bits per heavy atom. The minimum atomic E-state index is -3.03. The first-order valence-corrected chi connectivity index (χ1v) is 13.3. The molecule has 4 aromatic rings. The summed E-state index contributed by atoms with van der Waals surface area (Å²) in [5.41, 5.74) is 2.42. The molecule has 0 aliphatic heterocycles. The van der Waals surface area contributed by atoms with E-state index in [2.05, 4.69) is 54.6 Å². The smallest absolute Gasteiger partial charge is 0.302 e. The Morgan fingerprint density at radius 2 is 1.41 bits per heavy atom. The zero-order chi connectivity index (χ0) is 24.6.